The topological polar surface area (TPSA) is 55.2 Å². The highest BCUT2D eigenvalue weighted by Gasteiger charge is 2.23. The molecular weight excluding hydrogens is 308 g/mol. The summed E-state index contributed by atoms with van der Waals surface area (Å²) in [7, 11) is 0. The van der Waals surface area contributed by atoms with E-state index in [9.17, 15) is 10.1 Å². The van der Waals surface area contributed by atoms with Crippen LogP contribution in [0.3, 0.4) is 0 Å². The molecule has 1 aliphatic carbocycles. The molecule has 1 aromatic heterocycles. The van der Waals surface area contributed by atoms with E-state index in [-0.39, 0.29) is 16.7 Å². The van der Waals surface area contributed by atoms with E-state index in [2.05, 4.69) is 5.32 Å². The number of nitro benzene ring substituents is 1. The fourth-order valence-electron chi connectivity index (χ4n) is 2.82. The number of thiophene rings is 1. The summed E-state index contributed by atoms with van der Waals surface area (Å²) in [5, 5.41) is 14.3. The summed E-state index contributed by atoms with van der Waals surface area (Å²) in [6.07, 6.45) is 3.27. The fourth-order valence-corrected chi connectivity index (χ4v) is 4.21. The Morgan fingerprint density at radius 1 is 1.43 bits per heavy atom. The van der Waals surface area contributed by atoms with Crippen molar-refractivity contribution < 1.29 is 4.92 Å². The molecule has 1 atom stereocenters. The molecule has 0 aliphatic heterocycles. The van der Waals surface area contributed by atoms with Gasteiger partial charge in [-0.25, -0.2) is 0 Å². The Balaban J connectivity index is 1.84. The monoisotopic (exact) mass is 322 g/mol. The van der Waals surface area contributed by atoms with Gasteiger partial charge in [0.1, 0.15) is 0 Å². The molecule has 1 aromatic carbocycles. The van der Waals surface area contributed by atoms with Gasteiger partial charge in [0.25, 0.3) is 5.69 Å². The highest BCUT2D eigenvalue weighted by Crippen LogP contribution is 2.39. The lowest BCUT2D eigenvalue weighted by Crippen LogP contribution is -2.15. The predicted molar refractivity (Wildman–Crippen MR) is 86.5 cm³/mol. The minimum absolute atomic E-state index is 0.156. The van der Waals surface area contributed by atoms with E-state index in [4.69, 9.17) is 11.6 Å². The van der Waals surface area contributed by atoms with Gasteiger partial charge < -0.3 is 5.32 Å². The van der Waals surface area contributed by atoms with E-state index in [1.165, 1.54) is 10.4 Å². The first-order valence-corrected chi connectivity index (χ1v) is 8.03. The van der Waals surface area contributed by atoms with Crippen molar-refractivity contribution in [2.45, 2.75) is 32.2 Å². The molecule has 4 nitrogen and oxygen atoms in total. The first-order valence-electron chi connectivity index (χ1n) is 6.84. The second-order valence-electron chi connectivity index (χ2n) is 5.28. The zero-order chi connectivity index (χ0) is 15.0. The Labute approximate surface area is 131 Å². The molecule has 0 saturated heterocycles. The molecule has 21 heavy (non-hydrogen) atoms. The average molecular weight is 323 g/mol. The average Bonchev–Trinajstić information content (AvgIpc) is 2.80. The van der Waals surface area contributed by atoms with E-state index in [1.54, 1.807) is 30.4 Å². The number of benzene rings is 1. The van der Waals surface area contributed by atoms with Gasteiger partial charge in [0.05, 0.1) is 15.3 Å². The summed E-state index contributed by atoms with van der Waals surface area (Å²) in [4.78, 5) is 11.9. The molecule has 0 spiro atoms. The third-order valence-corrected chi connectivity index (χ3v) is 5.16. The number of aryl methyl sites for hydroxylation is 2. The third kappa shape index (κ3) is 2.89. The van der Waals surface area contributed by atoms with Gasteiger partial charge in [-0.2, -0.15) is 0 Å². The lowest BCUT2D eigenvalue weighted by atomic mass is 9.94. The Morgan fingerprint density at radius 2 is 2.24 bits per heavy atom. The number of nitrogens with zero attached hydrogens (tertiary/aromatic N) is 1. The van der Waals surface area contributed by atoms with Crippen molar-refractivity contribution in [3.63, 3.8) is 0 Å². The van der Waals surface area contributed by atoms with Crippen LogP contribution in [0.25, 0.3) is 0 Å². The molecule has 3 rings (SSSR count). The van der Waals surface area contributed by atoms with E-state index in [0.29, 0.717) is 5.56 Å². The maximum atomic E-state index is 10.9. The first kappa shape index (κ1) is 14.4. The van der Waals surface area contributed by atoms with Gasteiger partial charge in [-0.1, -0.05) is 11.6 Å². The number of anilines is 1. The lowest BCUT2D eigenvalue weighted by molar-refractivity contribution is -0.385. The number of hydrogen-bond donors (Lipinski definition) is 1. The molecule has 0 bridgehead atoms. The molecule has 6 heteroatoms. The van der Waals surface area contributed by atoms with Crippen LogP contribution < -0.4 is 5.32 Å². The van der Waals surface area contributed by atoms with Crippen LogP contribution in [0.1, 0.15) is 34.9 Å². The van der Waals surface area contributed by atoms with Crippen molar-refractivity contribution >= 4 is 34.3 Å². The molecule has 1 unspecified atom stereocenters. The van der Waals surface area contributed by atoms with E-state index in [0.717, 1.165) is 29.3 Å². The summed E-state index contributed by atoms with van der Waals surface area (Å²) in [5.74, 6) is 0. The van der Waals surface area contributed by atoms with Crippen molar-refractivity contribution in [3.05, 3.63) is 54.7 Å². The number of nitrogens with one attached hydrogen (secondary N) is 1. The maximum absolute atomic E-state index is 10.9. The van der Waals surface area contributed by atoms with Crippen LogP contribution in [-0.2, 0) is 6.42 Å². The summed E-state index contributed by atoms with van der Waals surface area (Å²) in [6.45, 7) is 1.76. The van der Waals surface area contributed by atoms with Crippen molar-refractivity contribution in [1.82, 2.24) is 0 Å². The van der Waals surface area contributed by atoms with Gasteiger partial charge in [0.15, 0.2) is 0 Å². The lowest BCUT2D eigenvalue weighted by Gasteiger charge is -2.24. The molecule has 0 fully saturated rings. The SMILES string of the molecule is Cc1cc(NC2CCCc3sc(Cl)cc32)ccc1[N+](=O)[O-]. The van der Waals surface area contributed by atoms with Gasteiger partial charge in [-0.15, -0.1) is 11.3 Å². The normalized spacial score (nSPS) is 17.3. The summed E-state index contributed by atoms with van der Waals surface area (Å²) < 4.78 is 0.827. The Kier molecular flexibility index (Phi) is 3.87. The van der Waals surface area contributed by atoms with Crippen LogP contribution in [0.2, 0.25) is 4.34 Å². The van der Waals surface area contributed by atoms with Crippen LogP contribution in [0.15, 0.2) is 24.3 Å². The van der Waals surface area contributed by atoms with Crippen LogP contribution in [-0.4, -0.2) is 4.92 Å². The molecule has 0 saturated carbocycles. The number of fused-ring (bicyclic) bond motifs is 1. The molecule has 1 N–H and O–H groups in total. The highest BCUT2D eigenvalue weighted by atomic mass is 35.5. The predicted octanol–water partition coefficient (Wildman–Crippen LogP) is 5.11. The van der Waals surface area contributed by atoms with E-state index < -0.39 is 0 Å². The third-order valence-electron chi connectivity index (χ3n) is 3.82. The number of hydrogen-bond acceptors (Lipinski definition) is 4. The van der Waals surface area contributed by atoms with Crippen molar-refractivity contribution in [1.29, 1.82) is 0 Å². The minimum Gasteiger partial charge on any atom is -0.378 e. The zero-order valence-electron chi connectivity index (χ0n) is 11.6. The number of halogens is 1. The smallest absolute Gasteiger partial charge is 0.272 e. The first-order chi connectivity index (χ1) is 10.0. The fraction of sp³-hybridized carbons (Fsp3) is 0.333. The van der Waals surface area contributed by atoms with Gasteiger partial charge >= 0.3 is 0 Å². The Bertz CT molecular complexity index is 699. The maximum Gasteiger partial charge on any atom is 0.272 e. The summed E-state index contributed by atoms with van der Waals surface area (Å²) in [5.41, 5.74) is 3.01. The minimum atomic E-state index is -0.351. The van der Waals surface area contributed by atoms with Crippen LogP contribution in [0, 0.1) is 17.0 Å². The molecular formula is C15H15ClN2O2S. The molecule has 1 heterocycles. The standard InChI is InChI=1S/C15H15ClN2O2S/c1-9-7-10(5-6-13(9)18(19)20)17-12-3-2-4-14-11(12)8-15(16)21-14/h5-8,12,17H,2-4H2,1H3. The molecule has 0 amide bonds. The van der Waals surface area contributed by atoms with Crippen molar-refractivity contribution in [2.75, 3.05) is 5.32 Å². The summed E-state index contributed by atoms with van der Waals surface area (Å²) >= 11 is 7.77. The van der Waals surface area contributed by atoms with Crippen LogP contribution in [0.4, 0.5) is 11.4 Å². The van der Waals surface area contributed by atoms with Gasteiger partial charge in [0.2, 0.25) is 0 Å². The second kappa shape index (κ2) is 5.66. The van der Waals surface area contributed by atoms with Crippen LogP contribution >= 0.6 is 22.9 Å². The highest BCUT2D eigenvalue weighted by molar-refractivity contribution is 7.16. The Hall–Kier alpha value is -1.59. The molecule has 2 aromatic rings. The molecule has 1 aliphatic rings. The Morgan fingerprint density at radius 3 is 2.95 bits per heavy atom. The van der Waals surface area contributed by atoms with E-state index in [1.807, 2.05) is 12.1 Å². The molecule has 0 radical (unpaired) electrons. The number of rotatable bonds is 3. The van der Waals surface area contributed by atoms with Crippen molar-refractivity contribution in [2.24, 2.45) is 0 Å². The second-order valence-corrected chi connectivity index (χ2v) is 7.04. The molecule has 110 valence electrons. The van der Waals surface area contributed by atoms with Gasteiger partial charge in [0, 0.05) is 22.2 Å². The van der Waals surface area contributed by atoms with Crippen LogP contribution in [0.5, 0.6) is 0 Å². The van der Waals surface area contributed by atoms with Crippen molar-refractivity contribution in [3.8, 4) is 0 Å². The van der Waals surface area contributed by atoms with Gasteiger partial charge in [-0.3, -0.25) is 10.1 Å². The van der Waals surface area contributed by atoms with Gasteiger partial charge in [-0.05, 0) is 49.9 Å². The zero-order valence-corrected chi connectivity index (χ0v) is 13.1. The number of nitro groups is 1. The quantitative estimate of drug-likeness (QED) is 0.631. The van der Waals surface area contributed by atoms with E-state index >= 15 is 0 Å². The largest absolute Gasteiger partial charge is 0.378 e. The summed E-state index contributed by atoms with van der Waals surface area (Å²) in [6, 6.07) is 7.44.